The summed E-state index contributed by atoms with van der Waals surface area (Å²) in [5.74, 6) is -1.32. The second kappa shape index (κ2) is 4.97. The Labute approximate surface area is 126 Å². The number of hydrogen-bond donors (Lipinski definition) is 1. The summed E-state index contributed by atoms with van der Waals surface area (Å²) in [6.45, 7) is 6.51. The Morgan fingerprint density at radius 2 is 1.86 bits per heavy atom. The Balaban J connectivity index is 2.22. The molecule has 0 aromatic carbocycles. The maximum absolute atomic E-state index is 12.8. The average molecular weight is 319 g/mol. The lowest BCUT2D eigenvalue weighted by molar-refractivity contribution is -0.250. The number of fused-ring (bicyclic) bond motifs is 1. The van der Waals surface area contributed by atoms with E-state index >= 15 is 0 Å². The van der Waals surface area contributed by atoms with Crippen LogP contribution in [0, 0.1) is 0 Å². The fourth-order valence-electron chi connectivity index (χ4n) is 2.26. The highest BCUT2D eigenvalue weighted by Gasteiger charge is 2.57. The van der Waals surface area contributed by atoms with E-state index in [0.29, 0.717) is 18.9 Å². The van der Waals surface area contributed by atoms with E-state index in [1.165, 1.54) is 0 Å². The van der Waals surface area contributed by atoms with Gasteiger partial charge in [0.15, 0.2) is 0 Å². The van der Waals surface area contributed by atoms with Gasteiger partial charge in [0.1, 0.15) is 0 Å². The molecule has 5 nitrogen and oxygen atoms in total. The first-order valence-corrected chi connectivity index (χ1v) is 7.00. The van der Waals surface area contributed by atoms with Crippen molar-refractivity contribution in [2.24, 2.45) is 0 Å². The summed E-state index contributed by atoms with van der Waals surface area (Å²) in [5, 5.41) is 13.9. The monoisotopic (exact) mass is 319 g/mol. The van der Waals surface area contributed by atoms with Crippen LogP contribution >= 0.6 is 0 Å². The number of nitrogens with zero attached hydrogens (tertiary/aromatic N) is 3. The van der Waals surface area contributed by atoms with Crippen molar-refractivity contribution in [3.05, 3.63) is 17.5 Å². The Morgan fingerprint density at radius 3 is 2.36 bits per heavy atom. The van der Waals surface area contributed by atoms with E-state index in [4.69, 9.17) is 0 Å². The minimum atomic E-state index is -5.00. The van der Waals surface area contributed by atoms with Crippen LogP contribution in [0.1, 0.15) is 39.0 Å². The topological polar surface area (TPSA) is 58.4 Å². The molecule has 22 heavy (non-hydrogen) atoms. The quantitative estimate of drug-likeness (QED) is 0.859. The molecule has 8 heteroatoms. The molecule has 0 saturated heterocycles. The Hall–Kier alpha value is -1.57. The molecule has 0 radical (unpaired) electrons. The van der Waals surface area contributed by atoms with Crippen molar-refractivity contribution in [3.8, 4) is 0 Å². The third-order valence-electron chi connectivity index (χ3n) is 3.80. The van der Waals surface area contributed by atoms with Crippen LogP contribution in [0.2, 0.25) is 0 Å². The van der Waals surface area contributed by atoms with Crippen LogP contribution < -0.4 is 0 Å². The number of alkyl halides is 3. The van der Waals surface area contributed by atoms with Crippen molar-refractivity contribution in [2.75, 3.05) is 6.54 Å². The summed E-state index contributed by atoms with van der Waals surface area (Å²) in [4.78, 5) is 13.0. The molecular formula is C14H20F3N3O2. The van der Waals surface area contributed by atoms with Crippen LogP contribution in [0.5, 0.6) is 0 Å². The molecular weight excluding hydrogens is 299 g/mol. The molecule has 1 aliphatic heterocycles. The first-order valence-electron chi connectivity index (χ1n) is 7.00. The number of amides is 1. The van der Waals surface area contributed by atoms with E-state index in [0.717, 1.165) is 10.6 Å². The van der Waals surface area contributed by atoms with Crippen molar-refractivity contribution in [1.82, 2.24) is 14.7 Å². The Bertz CT molecular complexity index is 585. The molecule has 2 rings (SSSR count). The van der Waals surface area contributed by atoms with Crippen LogP contribution in [-0.4, -0.2) is 44.0 Å². The Morgan fingerprint density at radius 1 is 1.27 bits per heavy atom. The second-order valence-electron chi connectivity index (χ2n) is 6.76. The van der Waals surface area contributed by atoms with Crippen LogP contribution in [-0.2, 0) is 23.3 Å². The van der Waals surface area contributed by atoms with E-state index in [1.54, 1.807) is 10.9 Å². The molecule has 0 aliphatic carbocycles. The fourth-order valence-corrected chi connectivity index (χ4v) is 2.26. The van der Waals surface area contributed by atoms with E-state index in [9.17, 15) is 23.1 Å². The normalized spacial score (nSPS) is 18.8. The molecule has 1 N–H and O–H groups in total. The molecule has 2 heterocycles. The summed E-state index contributed by atoms with van der Waals surface area (Å²) >= 11 is 0. The highest BCUT2D eigenvalue weighted by molar-refractivity contribution is 5.85. The molecule has 1 aromatic heterocycles. The van der Waals surface area contributed by atoms with Crippen molar-refractivity contribution in [3.63, 3.8) is 0 Å². The van der Waals surface area contributed by atoms with Gasteiger partial charge in [-0.1, -0.05) is 0 Å². The SMILES string of the molecule is CC(C)(C)n1cc2c(n1)CCN(C(=O)C(C)(O)C(F)(F)F)C2. The molecule has 0 fully saturated rings. The molecule has 1 aliphatic rings. The smallest absolute Gasteiger partial charge is 0.373 e. The number of carbonyl (C=O) groups is 1. The van der Waals surface area contributed by atoms with E-state index < -0.39 is 17.7 Å². The van der Waals surface area contributed by atoms with Crippen molar-refractivity contribution < 1.29 is 23.1 Å². The number of carbonyl (C=O) groups excluding carboxylic acids is 1. The van der Waals surface area contributed by atoms with Gasteiger partial charge < -0.3 is 10.0 Å². The van der Waals surface area contributed by atoms with E-state index in [-0.39, 0.29) is 18.6 Å². The van der Waals surface area contributed by atoms with Crippen LogP contribution in [0.3, 0.4) is 0 Å². The molecule has 0 bridgehead atoms. The van der Waals surface area contributed by atoms with Gasteiger partial charge in [0, 0.05) is 31.3 Å². The minimum absolute atomic E-state index is 0.0243. The van der Waals surface area contributed by atoms with Gasteiger partial charge in [-0.2, -0.15) is 18.3 Å². The first kappa shape index (κ1) is 16.8. The zero-order valence-corrected chi connectivity index (χ0v) is 13.0. The maximum Gasteiger partial charge on any atom is 0.426 e. The summed E-state index contributed by atoms with van der Waals surface area (Å²) in [7, 11) is 0. The third-order valence-corrected chi connectivity index (χ3v) is 3.80. The number of halogens is 3. The molecule has 1 unspecified atom stereocenters. The lowest BCUT2D eigenvalue weighted by atomic mass is 10.0. The predicted octanol–water partition coefficient (Wildman–Crippen LogP) is 1.84. The highest BCUT2D eigenvalue weighted by atomic mass is 19.4. The van der Waals surface area contributed by atoms with Gasteiger partial charge in [-0.3, -0.25) is 9.48 Å². The largest absolute Gasteiger partial charge is 0.426 e. The van der Waals surface area contributed by atoms with Gasteiger partial charge in [-0.15, -0.1) is 0 Å². The molecule has 1 amide bonds. The first-order chi connectivity index (χ1) is 9.84. The Kier molecular flexibility index (Phi) is 3.80. The van der Waals surface area contributed by atoms with Crippen molar-refractivity contribution in [1.29, 1.82) is 0 Å². The zero-order valence-electron chi connectivity index (χ0n) is 13.0. The second-order valence-corrected chi connectivity index (χ2v) is 6.76. The van der Waals surface area contributed by atoms with E-state index in [1.807, 2.05) is 20.8 Å². The standard InChI is InChI=1S/C14H20F3N3O2/c1-12(2,3)20-8-9-7-19(6-5-10(9)18-20)11(21)13(4,22)14(15,16)17/h8,22H,5-7H2,1-4H3. The fraction of sp³-hybridized carbons (Fsp3) is 0.714. The molecule has 0 spiro atoms. The van der Waals surface area contributed by atoms with Gasteiger partial charge in [0.05, 0.1) is 11.2 Å². The number of hydrogen-bond acceptors (Lipinski definition) is 3. The summed E-state index contributed by atoms with van der Waals surface area (Å²) in [6, 6.07) is 0. The van der Waals surface area contributed by atoms with Gasteiger partial charge in [-0.05, 0) is 27.7 Å². The zero-order chi connectivity index (χ0) is 16.9. The number of rotatable bonds is 1. The number of aliphatic hydroxyl groups is 1. The van der Waals surface area contributed by atoms with Gasteiger partial charge in [0.25, 0.3) is 5.91 Å². The van der Waals surface area contributed by atoms with Gasteiger partial charge in [0.2, 0.25) is 5.60 Å². The van der Waals surface area contributed by atoms with Gasteiger partial charge >= 0.3 is 6.18 Å². The lowest BCUT2D eigenvalue weighted by Gasteiger charge is -2.33. The minimum Gasteiger partial charge on any atom is -0.373 e. The average Bonchev–Trinajstić information content (AvgIpc) is 2.78. The molecule has 1 atom stereocenters. The molecule has 0 saturated carbocycles. The predicted molar refractivity (Wildman–Crippen MR) is 73.0 cm³/mol. The van der Waals surface area contributed by atoms with Gasteiger partial charge in [-0.25, -0.2) is 0 Å². The highest BCUT2D eigenvalue weighted by Crippen LogP contribution is 2.33. The summed E-state index contributed by atoms with van der Waals surface area (Å²) in [5.41, 5.74) is -2.12. The van der Waals surface area contributed by atoms with Crippen molar-refractivity contribution in [2.45, 2.75) is 58.0 Å². The molecule has 1 aromatic rings. The maximum atomic E-state index is 12.8. The van der Waals surface area contributed by atoms with Crippen molar-refractivity contribution >= 4 is 5.91 Å². The van der Waals surface area contributed by atoms with Crippen LogP contribution in [0.4, 0.5) is 13.2 Å². The summed E-state index contributed by atoms with van der Waals surface area (Å²) < 4.78 is 40.1. The van der Waals surface area contributed by atoms with Crippen LogP contribution in [0.15, 0.2) is 6.20 Å². The lowest BCUT2D eigenvalue weighted by Crippen LogP contribution is -2.56. The summed E-state index contributed by atoms with van der Waals surface area (Å²) in [6.07, 6.45) is -2.88. The molecule has 124 valence electrons. The van der Waals surface area contributed by atoms with E-state index in [2.05, 4.69) is 5.10 Å². The van der Waals surface area contributed by atoms with Crippen LogP contribution in [0.25, 0.3) is 0 Å². The third kappa shape index (κ3) is 2.84. The number of aromatic nitrogens is 2.